The molecule has 0 spiro atoms. The number of aryl methyl sites for hydroxylation is 2. The molecule has 2 aromatic heterocycles. The van der Waals surface area contributed by atoms with Crippen LogP contribution in [0.25, 0.3) is 0 Å². The van der Waals surface area contributed by atoms with Gasteiger partial charge in [-0.25, -0.2) is 0 Å². The van der Waals surface area contributed by atoms with Gasteiger partial charge in [0.1, 0.15) is 5.75 Å². The largest absolute Gasteiger partial charge is 0.508 e. The van der Waals surface area contributed by atoms with Crippen molar-refractivity contribution in [1.82, 2.24) is 25.5 Å². The number of amides is 1. The molecular weight excluding hydrogens is 414 g/mol. The van der Waals surface area contributed by atoms with Crippen molar-refractivity contribution in [2.45, 2.75) is 63.8 Å². The number of phenolic OH excluding ortho intramolecular Hbond substituents is 1. The topological polar surface area (TPSA) is 104 Å². The van der Waals surface area contributed by atoms with Gasteiger partial charge in [0.15, 0.2) is 5.69 Å². The summed E-state index contributed by atoms with van der Waals surface area (Å²) < 4.78 is 0. The van der Waals surface area contributed by atoms with Gasteiger partial charge in [-0.15, -0.1) is 0 Å². The minimum absolute atomic E-state index is 0.0267. The highest BCUT2D eigenvalue weighted by Gasteiger charge is 2.54. The summed E-state index contributed by atoms with van der Waals surface area (Å²) in [6, 6.07) is 5.91. The lowest BCUT2D eigenvalue weighted by Gasteiger charge is -2.49. The summed E-state index contributed by atoms with van der Waals surface area (Å²) >= 11 is 0. The first kappa shape index (κ1) is 20.4. The standard InChI is InChI=1S/C26H29N5O2/c1-14-11-28-16(12-27-14)13-29-25(33)23-21-10-22-20-5-3-15-9-17(32)4-6-18(15)19(20)7-8-26(22,2)24(21)31-30-23/h4,6,9,11-12,19-20,22,32H,3,5,7-8,10,13H2,1-2H3,(H,29,33)(H,30,31). The molecule has 1 amide bonds. The van der Waals surface area contributed by atoms with E-state index in [2.05, 4.69) is 38.5 Å². The zero-order valence-electron chi connectivity index (χ0n) is 19.1. The van der Waals surface area contributed by atoms with Gasteiger partial charge in [-0.2, -0.15) is 5.10 Å². The minimum atomic E-state index is -0.155. The van der Waals surface area contributed by atoms with Crippen molar-refractivity contribution >= 4 is 5.91 Å². The lowest BCUT2D eigenvalue weighted by Crippen LogP contribution is -2.43. The summed E-state index contributed by atoms with van der Waals surface area (Å²) in [7, 11) is 0. The number of aromatic nitrogens is 4. The number of carbonyl (C=O) groups is 1. The Kier molecular flexibility index (Phi) is 4.57. The van der Waals surface area contributed by atoms with Gasteiger partial charge < -0.3 is 10.4 Å². The van der Waals surface area contributed by atoms with Crippen LogP contribution in [0.2, 0.25) is 0 Å². The second-order valence-electron chi connectivity index (χ2n) is 10.2. The third kappa shape index (κ3) is 3.16. The van der Waals surface area contributed by atoms with Crippen LogP contribution in [-0.2, 0) is 24.8 Å². The molecule has 0 saturated heterocycles. The van der Waals surface area contributed by atoms with Crippen molar-refractivity contribution in [2.24, 2.45) is 11.8 Å². The van der Waals surface area contributed by atoms with Gasteiger partial charge in [-0.3, -0.25) is 19.9 Å². The Labute approximate surface area is 193 Å². The Morgan fingerprint density at radius 3 is 2.97 bits per heavy atom. The van der Waals surface area contributed by atoms with Crippen LogP contribution in [0.1, 0.15) is 76.4 Å². The number of hydrogen-bond acceptors (Lipinski definition) is 5. The molecule has 1 aromatic carbocycles. The van der Waals surface area contributed by atoms with Crippen LogP contribution in [0.5, 0.6) is 5.75 Å². The summed E-state index contributed by atoms with van der Waals surface area (Å²) in [5.41, 5.74) is 7.10. The summed E-state index contributed by atoms with van der Waals surface area (Å²) in [4.78, 5) is 21.6. The van der Waals surface area contributed by atoms with Gasteiger partial charge in [-0.05, 0) is 80.0 Å². The van der Waals surface area contributed by atoms with E-state index in [0.29, 0.717) is 35.7 Å². The van der Waals surface area contributed by atoms with Crippen LogP contribution in [0.3, 0.4) is 0 Å². The van der Waals surface area contributed by atoms with Gasteiger partial charge in [0, 0.05) is 22.9 Å². The van der Waals surface area contributed by atoms with Crippen molar-refractivity contribution in [3.63, 3.8) is 0 Å². The van der Waals surface area contributed by atoms with Crippen molar-refractivity contribution in [1.29, 1.82) is 0 Å². The van der Waals surface area contributed by atoms with E-state index >= 15 is 0 Å². The monoisotopic (exact) mass is 443 g/mol. The molecule has 3 aliphatic rings. The normalized spacial score (nSPS) is 27.3. The molecule has 2 heterocycles. The Balaban J connectivity index is 1.24. The third-order valence-corrected chi connectivity index (χ3v) is 8.44. The fourth-order valence-electron chi connectivity index (χ4n) is 6.79. The SMILES string of the molecule is Cc1cnc(CNC(=O)c2n[nH]c3c2CC2C4CCc5cc(O)ccc5C4CCC32C)cn1. The number of aromatic amines is 1. The molecule has 6 rings (SSSR count). The average Bonchev–Trinajstić information content (AvgIpc) is 3.36. The first-order valence-electron chi connectivity index (χ1n) is 11.9. The Bertz CT molecular complexity index is 1230. The van der Waals surface area contributed by atoms with Crippen LogP contribution < -0.4 is 5.32 Å². The first-order chi connectivity index (χ1) is 15.9. The number of hydrogen-bond donors (Lipinski definition) is 3. The Morgan fingerprint density at radius 1 is 1.27 bits per heavy atom. The number of fused-ring (bicyclic) bond motifs is 7. The predicted molar refractivity (Wildman–Crippen MR) is 123 cm³/mol. The highest BCUT2D eigenvalue weighted by molar-refractivity contribution is 5.94. The molecule has 4 unspecified atom stereocenters. The number of nitrogens with zero attached hydrogens (tertiary/aromatic N) is 3. The molecule has 3 aliphatic carbocycles. The van der Waals surface area contributed by atoms with Crippen molar-refractivity contribution in [3.05, 3.63) is 70.1 Å². The lowest BCUT2D eigenvalue weighted by molar-refractivity contribution is 0.0937. The maximum atomic E-state index is 13.0. The molecule has 4 atom stereocenters. The van der Waals surface area contributed by atoms with E-state index in [4.69, 9.17) is 0 Å². The van der Waals surface area contributed by atoms with E-state index in [9.17, 15) is 9.90 Å². The molecule has 0 bridgehead atoms. The molecule has 7 nitrogen and oxygen atoms in total. The van der Waals surface area contributed by atoms with Gasteiger partial charge in [0.2, 0.25) is 0 Å². The minimum Gasteiger partial charge on any atom is -0.508 e. The van der Waals surface area contributed by atoms with Crippen LogP contribution >= 0.6 is 0 Å². The van der Waals surface area contributed by atoms with E-state index in [1.165, 1.54) is 11.1 Å². The van der Waals surface area contributed by atoms with Crippen molar-refractivity contribution in [3.8, 4) is 5.75 Å². The molecule has 3 N–H and O–H groups in total. The molecule has 33 heavy (non-hydrogen) atoms. The number of rotatable bonds is 3. The fraction of sp³-hybridized carbons (Fsp3) is 0.462. The molecule has 0 radical (unpaired) electrons. The number of carbonyl (C=O) groups excluding carboxylic acids is 1. The van der Waals surface area contributed by atoms with Crippen LogP contribution in [0, 0.1) is 18.8 Å². The van der Waals surface area contributed by atoms with Crippen LogP contribution in [-0.4, -0.2) is 31.2 Å². The summed E-state index contributed by atoms with van der Waals surface area (Å²) in [5, 5.41) is 20.6. The highest BCUT2D eigenvalue weighted by atomic mass is 16.3. The van der Waals surface area contributed by atoms with Crippen LogP contribution in [0.15, 0.2) is 30.6 Å². The van der Waals surface area contributed by atoms with Gasteiger partial charge in [0.05, 0.1) is 24.1 Å². The van der Waals surface area contributed by atoms with Crippen molar-refractivity contribution in [2.75, 3.05) is 0 Å². The molecule has 170 valence electrons. The molecule has 1 saturated carbocycles. The van der Waals surface area contributed by atoms with E-state index in [1.807, 2.05) is 19.1 Å². The van der Waals surface area contributed by atoms with Crippen LogP contribution in [0.4, 0.5) is 0 Å². The average molecular weight is 444 g/mol. The first-order valence-corrected chi connectivity index (χ1v) is 11.9. The predicted octanol–water partition coefficient (Wildman–Crippen LogP) is 3.71. The smallest absolute Gasteiger partial charge is 0.272 e. The fourth-order valence-corrected chi connectivity index (χ4v) is 6.79. The molecular formula is C26H29N5O2. The van der Waals surface area contributed by atoms with Gasteiger partial charge >= 0.3 is 0 Å². The number of nitrogens with one attached hydrogen (secondary N) is 2. The molecule has 3 aromatic rings. The molecule has 0 aliphatic heterocycles. The van der Waals surface area contributed by atoms with Gasteiger partial charge in [-0.1, -0.05) is 13.0 Å². The Hall–Kier alpha value is -3.22. The third-order valence-electron chi connectivity index (χ3n) is 8.44. The number of aromatic hydroxyl groups is 1. The number of phenols is 1. The summed E-state index contributed by atoms with van der Waals surface area (Å²) in [6.45, 7) is 4.58. The lowest BCUT2D eigenvalue weighted by atomic mass is 9.55. The molecule has 7 heteroatoms. The second kappa shape index (κ2) is 7.40. The highest BCUT2D eigenvalue weighted by Crippen LogP contribution is 2.60. The number of H-pyrrole nitrogens is 1. The second-order valence-corrected chi connectivity index (χ2v) is 10.2. The maximum absolute atomic E-state index is 13.0. The van der Waals surface area contributed by atoms with Gasteiger partial charge in [0.25, 0.3) is 5.91 Å². The van der Waals surface area contributed by atoms with E-state index < -0.39 is 0 Å². The number of benzene rings is 1. The zero-order valence-corrected chi connectivity index (χ0v) is 19.1. The van der Waals surface area contributed by atoms with E-state index in [0.717, 1.165) is 54.7 Å². The summed E-state index contributed by atoms with van der Waals surface area (Å²) in [5.74, 6) is 1.82. The summed E-state index contributed by atoms with van der Waals surface area (Å²) in [6.07, 6.45) is 8.64. The zero-order chi connectivity index (χ0) is 22.7. The van der Waals surface area contributed by atoms with E-state index in [-0.39, 0.29) is 11.3 Å². The van der Waals surface area contributed by atoms with Crippen molar-refractivity contribution < 1.29 is 9.90 Å². The Morgan fingerprint density at radius 2 is 2.15 bits per heavy atom. The molecule has 1 fully saturated rings. The van der Waals surface area contributed by atoms with E-state index in [1.54, 1.807) is 12.4 Å². The maximum Gasteiger partial charge on any atom is 0.272 e. The quantitative estimate of drug-likeness (QED) is 0.572.